The van der Waals surface area contributed by atoms with Gasteiger partial charge in [-0.15, -0.1) is 0 Å². The lowest BCUT2D eigenvalue weighted by Gasteiger charge is -2.29. The molecule has 0 amide bonds. The second kappa shape index (κ2) is 5.74. The number of alkyl halides is 3. The summed E-state index contributed by atoms with van der Waals surface area (Å²) in [5, 5.41) is 3.31. The second-order valence-electron chi connectivity index (χ2n) is 6.06. The van der Waals surface area contributed by atoms with E-state index in [1.165, 1.54) is 6.07 Å². The highest BCUT2D eigenvalue weighted by atomic mass is 19.4. The summed E-state index contributed by atoms with van der Waals surface area (Å²) in [7, 11) is 1.89. The maximum Gasteiger partial charge on any atom is 0.416 e. The number of nitrogens with zero attached hydrogens (tertiary/aromatic N) is 1. The van der Waals surface area contributed by atoms with E-state index >= 15 is 0 Å². The van der Waals surface area contributed by atoms with E-state index in [1.54, 1.807) is 12.1 Å². The number of hydrogen-bond donors (Lipinski definition) is 1. The Morgan fingerprint density at radius 2 is 2.00 bits per heavy atom. The first-order valence-corrected chi connectivity index (χ1v) is 6.85. The molecular formula is C15H21F3N2. The Balaban J connectivity index is 2.06. The van der Waals surface area contributed by atoms with Gasteiger partial charge in [0.15, 0.2) is 0 Å². The van der Waals surface area contributed by atoms with E-state index < -0.39 is 11.7 Å². The van der Waals surface area contributed by atoms with Crippen LogP contribution in [0.2, 0.25) is 0 Å². The van der Waals surface area contributed by atoms with Gasteiger partial charge in [-0.2, -0.15) is 13.2 Å². The average molecular weight is 286 g/mol. The van der Waals surface area contributed by atoms with E-state index in [0.717, 1.165) is 32.1 Å². The van der Waals surface area contributed by atoms with E-state index in [1.807, 2.05) is 11.9 Å². The van der Waals surface area contributed by atoms with Crippen molar-refractivity contribution in [3.8, 4) is 0 Å². The summed E-state index contributed by atoms with van der Waals surface area (Å²) >= 11 is 0. The molecule has 0 saturated carbocycles. The fraction of sp³-hybridized carbons (Fsp3) is 0.600. The van der Waals surface area contributed by atoms with Crippen LogP contribution < -0.4 is 5.32 Å². The predicted octanol–water partition coefficient (Wildman–Crippen LogP) is 3.14. The first kappa shape index (κ1) is 15.3. The van der Waals surface area contributed by atoms with Crippen molar-refractivity contribution in [3.05, 3.63) is 35.4 Å². The molecule has 0 spiro atoms. The number of halogens is 3. The Bertz CT molecular complexity index is 451. The van der Waals surface area contributed by atoms with Gasteiger partial charge in [0.2, 0.25) is 0 Å². The number of rotatable bonds is 4. The molecule has 1 aliphatic rings. The molecule has 1 aliphatic heterocycles. The third-order valence-corrected chi connectivity index (χ3v) is 3.87. The first-order chi connectivity index (χ1) is 9.30. The van der Waals surface area contributed by atoms with Crippen LogP contribution >= 0.6 is 0 Å². The molecule has 1 N–H and O–H groups in total. The topological polar surface area (TPSA) is 15.3 Å². The zero-order chi connectivity index (χ0) is 14.8. The van der Waals surface area contributed by atoms with E-state index in [9.17, 15) is 13.2 Å². The van der Waals surface area contributed by atoms with Crippen molar-refractivity contribution in [2.24, 2.45) is 5.41 Å². The monoisotopic (exact) mass is 286 g/mol. The molecule has 1 saturated heterocycles. The molecule has 2 nitrogen and oxygen atoms in total. The lowest BCUT2D eigenvalue weighted by molar-refractivity contribution is -0.138. The Labute approximate surface area is 118 Å². The minimum absolute atomic E-state index is 0.155. The molecule has 1 fully saturated rings. The molecule has 2 rings (SSSR count). The molecular weight excluding hydrogens is 265 g/mol. The number of nitrogens with one attached hydrogen (secondary N) is 1. The van der Waals surface area contributed by atoms with Gasteiger partial charge in [-0.05, 0) is 37.1 Å². The molecule has 0 aliphatic carbocycles. The quantitative estimate of drug-likeness (QED) is 0.915. The van der Waals surface area contributed by atoms with Gasteiger partial charge in [0.05, 0.1) is 5.56 Å². The highest BCUT2D eigenvalue weighted by molar-refractivity contribution is 5.29. The molecule has 1 atom stereocenters. The summed E-state index contributed by atoms with van der Waals surface area (Å²) in [6.45, 7) is 5.22. The number of hydrogen-bond acceptors (Lipinski definition) is 2. The van der Waals surface area contributed by atoms with Crippen molar-refractivity contribution < 1.29 is 13.2 Å². The highest BCUT2D eigenvalue weighted by Crippen LogP contribution is 2.33. The smallest absolute Gasteiger partial charge is 0.316 e. The van der Waals surface area contributed by atoms with Crippen LogP contribution in [0.25, 0.3) is 0 Å². The van der Waals surface area contributed by atoms with Gasteiger partial charge in [-0.25, -0.2) is 0 Å². The van der Waals surface area contributed by atoms with Gasteiger partial charge in [0, 0.05) is 19.6 Å². The van der Waals surface area contributed by atoms with Crippen LogP contribution in [-0.4, -0.2) is 31.6 Å². The Kier molecular flexibility index (Phi) is 4.39. The van der Waals surface area contributed by atoms with E-state index in [-0.39, 0.29) is 5.41 Å². The van der Waals surface area contributed by atoms with Crippen molar-refractivity contribution in [2.45, 2.75) is 26.1 Å². The summed E-state index contributed by atoms with van der Waals surface area (Å²) in [5.74, 6) is 0. The summed E-state index contributed by atoms with van der Waals surface area (Å²) in [5.41, 5.74) is -0.0272. The van der Waals surface area contributed by atoms with Gasteiger partial charge in [0.25, 0.3) is 0 Å². The first-order valence-electron chi connectivity index (χ1n) is 6.85. The fourth-order valence-electron chi connectivity index (χ4n) is 2.94. The fourth-order valence-corrected chi connectivity index (χ4v) is 2.94. The normalized spacial score (nSPS) is 23.5. The molecule has 1 aromatic rings. The molecule has 20 heavy (non-hydrogen) atoms. The molecule has 0 aromatic heterocycles. The van der Waals surface area contributed by atoms with Crippen LogP contribution in [0.4, 0.5) is 13.2 Å². The Morgan fingerprint density at radius 3 is 2.60 bits per heavy atom. The van der Waals surface area contributed by atoms with Crippen molar-refractivity contribution in [2.75, 3.05) is 26.7 Å². The molecule has 0 bridgehead atoms. The summed E-state index contributed by atoms with van der Waals surface area (Å²) < 4.78 is 38.9. The summed E-state index contributed by atoms with van der Waals surface area (Å²) in [6, 6.07) is 5.82. The maximum absolute atomic E-state index is 13.0. The van der Waals surface area contributed by atoms with E-state index in [0.29, 0.717) is 12.1 Å². The van der Waals surface area contributed by atoms with Crippen LogP contribution in [0.3, 0.4) is 0 Å². The zero-order valence-corrected chi connectivity index (χ0v) is 11.9. The molecule has 5 heteroatoms. The third-order valence-electron chi connectivity index (χ3n) is 3.87. The molecule has 1 aromatic carbocycles. The molecule has 1 unspecified atom stereocenters. The summed E-state index contributed by atoms with van der Waals surface area (Å²) in [4.78, 5) is 1.98. The average Bonchev–Trinajstić information content (AvgIpc) is 2.74. The van der Waals surface area contributed by atoms with Crippen molar-refractivity contribution in [1.29, 1.82) is 0 Å². The van der Waals surface area contributed by atoms with E-state index in [2.05, 4.69) is 12.2 Å². The van der Waals surface area contributed by atoms with Gasteiger partial charge in [-0.1, -0.05) is 25.1 Å². The number of benzene rings is 1. The van der Waals surface area contributed by atoms with Gasteiger partial charge >= 0.3 is 6.18 Å². The lowest BCUT2D eigenvalue weighted by atomic mass is 9.89. The minimum atomic E-state index is -4.28. The lowest BCUT2D eigenvalue weighted by Crippen LogP contribution is -2.35. The minimum Gasteiger partial charge on any atom is -0.316 e. The van der Waals surface area contributed by atoms with Crippen LogP contribution in [-0.2, 0) is 12.7 Å². The van der Waals surface area contributed by atoms with Gasteiger partial charge in [0.1, 0.15) is 0 Å². The summed E-state index contributed by atoms with van der Waals surface area (Å²) in [6.07, 6.45) is -3.21. The van der Waals surface area contributed by atoms with E-state index in [4.69, 9.17) is 0 Å². The van der Waals surface area contributed by atoms with Gasteiger partial charge in [-0.3, -0.25) is 0 Å². The SMILES string of the molecule is CN(Cc1ccccc1C(F)(F)F)CC1(C)CCNC1. The molecule has 112 valence electrons. The zero-order valence-electron chi connectivity index (χ0n) is 11.9. The third kappa shape index (κ3) is 3.73. The van der Waals surface area contributed by atoms with Crippen LogP contribution in [0.15, 0.2) is 24.3 Å². The molecule has 1 heterocycles. The Hall–Kier alpha value is -1.07. The maximum atomic E-state index is 13.0. The van der Waals surface area contributed by atoms with Crippen LogP contribution in [0, 0.1) is 5.41 Å². The van der Waals surface area contributed by atoms with Crippen molar-refractivity contribution >= 4 is 0 Å². The van der Waals surface area contributed by atoms with Crippen molar-refractivity contribution in [3.63, 3.8) is 0 Å². The van der Waals surface area contributed by atoms with Gasteiger partial charge < -0.3 is 10.2 Å². The molecule has 0 radical (unpaired) electrons. The van der Waals surface area contributed by atoms with Crippen LogP contribution in [0.5, 0.6) is 0 Å². The largest absolute Gasteiger partial charge is 0.416 e. The standard InChI is InChI=1S/C15H21F3N2/c1-14(7-8-19-10-14)11-20(2)9-12-5-3-4-6-13(12)15(16,17)18/h3-6,19H,7-11H2,1-2H3. The highest BCUT2D eigenvalue weighted by Gasteiger charge is 2.34. The Morgan fingerprint density at radius 1 is 1.30 bits per heavy atom. The van der Waals surface area contributed by atoms with Crippen molar-refractivity contribution in [1.82, 2.24) is 10.2 Å². The predicted molar refractivity (Wildman–Crippen MR) is 73.4 cm³/mol. The second-order valence-corrected chi connectivity index (χ2v) is 6.06. The van der Waals surface area contributed by atoms with Crippen LogP contribution in [0.1, 0.15) is 24.5 Å².